The summed E-state index contributed by atoms with van der Waals surface area (Å²) in [7, 11) is 6.14. The lowest BCUT2D eigenvalue weighted by Crippen LogP contribution is -2.55. The Morgan fingerprint density at radius 2 is 1.97 bits per heavy atom. The van der Waals surface area contributed by atoms with Crippen molar-refractivity contribution in [3.05, 3.63) is 35.6 Å². The number of ether oxygens (including phenoxy) is 1. The van der Waals surface area contributed by atoms with Crippen molar-refractivity contribution >= 4 is 18.0 Å². The highest BCUT2D eigenvalue weighted by Crippen LogP contribution is 2.35. The fraction of sp³-hybridized carbons (Fsp3) is 0.731. The zero-order chi connectivity index (χ0) is 24.1. The van der Waals surface area contributed by atoms with E-state index in [1.165, 1.54) is 6.07 Å². The van der Waals surface area contributed by atoms with Crippen molar-refractivity contribution in [3.8, 4) is 0 Å². The van der Waals surface area contributed by atoms with Crippen LogP contribution in [0.1, 0.15) is 56.4 Å². The molecule has 0 spiro atoms. The van der Waals surface area contributed by atoms with Crippen LogP contribution in [0.4, 0.5) is 4.39 Å². The van der Waals surface area contributed by atoms with Gasteiger partial charge in [-0.25, -0.2) is 13.4 Å². The largest absolute Gasteiger partial charge is 0.378 e. The fourth-order valence-electron chi connectivity index (χ4n) is 5.75. The Morgan fingerprint density at radius 1 is 1.18 bits per heavy atom. The minimum atomic E-state index is -0.148. The first-order valence-electron chi connectivity index (χ1n) is 12.9. The van der Waals surface area contributed by atoms with E-state index < -0.39 is 0 Å². The number of likely N-dealkylation sites (tertiary alicyclic amines) is 2. The van der Waals surface area contributed by atoms with Crippen molar-refractivity contribution in [2.45, 2.75) is 69.1 Å². The number of hydrogen-bond acceptors (Lipinski definition) is 6. The number of rotatable bonds is 8. The molecule has 3 aliphatic rings. The van der Waals surface area contributed by atoms with Crippen molar-refractivity contribution in [3.63, 3.8) is 0 Å². The maximum atomic E-state index is 13.6. The third-order valence-electron chi connectivity index (χ3n) is 7.78. The number of hydrogen-bond donors (Lipinski definition) is 1. The van der Waals surface area contributed by atoms with Gasteiger partial charge in [0, 0.05) is 37.2 Å². The molecule has 34 heavy (non-hydrogen) atoms. The maximum absolute atomic E-state index is 13.6. The van der Waals surface area contributed by atoms with E-state index in [1.807, 2.05) is 26.2 Å². The molecule has 1 saturated carbocycles. The highest BCUT2D eigenvalue weighted by molar-refractivity contribution is 7.95. The van der Waals surface area contributed by atoms with Crippen molar-refractivity contribution in [2.24, 2.45) is 5.92 Å². The number of nitrogens with one attached hydrogen (secondary N) is 1. The van der Waals surface area contributed by atoms with Gasteiger partial charge in [-0.3, -0.25) is 9.69 Å². The third-order valence-corrected chi connectivity index (χ3v) is 8.55. The molecule has 2 heterocycles. The van der Waals surface area contributed by atoms with E-state index in [9.17, 15) is 9.18 Å². The summed E-state index contributed by atoms with van der Waals surface area (Å²) in [5.41, 5.74) is 1.11. The molecule has 190 valence electrons. The molecule has 0 aromatic heterocycles. The number of piperidine rings is 1. The van der Waals surface area contributed by atoms with E-state index in [2.05, 4.69) is 25.9 Å². The predicted molar refractivity (Wildman–Crippen MR) is 136 cm³/mol. The van der Waals surface area contributed by atoms with Crippen LogP contribution in [0.5, 0.6) is 0 Å². The number of carbonyl (C=O) groups is 1. The lowest BCUT2D eigenvalue weighted by molar-refractivity contribution is -0.138. The van der Waals surface area contributed by atoms with Crippen LogP contribution in [0.15, 0.2) is 24.3 Å². The summed E-state index contributed by atoms with van der Waals surface area (Å²) in [5, 5.41) is 0. The summed E-state index contributed by atoms with van der Waals surface area (Å²) >= 11 is 1.62. The maximum Gasteiger partial charge on any atom is 0.239 e. The summed E-state index contributed by atoms with van der Waals surface area (Å²) in [4.78, 5) is 17.5. The second-order valence-electron chi connectivity index (χ2n) is 10.5. The van der Waals surface area contributed by atoms with Gasteiger partial charge in [0.1, 0.15) is 5.82 Å². The van der Waals surface area contributed by atoms with Crippen LogP contribution in [0, 0.1) is 11.7 Å². The van der Waals surface area contributed by atoms with Gasteiger partial charge < -0.3 is 9.64 Å². The molecule has 4 rings (SSSR count). The van der Waals surface area contributed by atoms with Gasteiger partial charge in [0.2, 0.25) is 5.91 Å². The lowest BCUT2D eigenvalue weighted by atomic mass is 9.82. The second-order valence-corrected chi connectivity index (χ2v) is 11.6. The number of likely N-dealkylation sites (N-methyl/N-ethyl adjacent to an activating group) is 1. The van der Waals surface area contributed by atoms with Gasteiger partial charge in [-0.05, 0) is 96.2 Å². The van der Waals surface area contributed by atoms with Crippen LogP contribution in [0.25, 0.3) is 0 Å². The first-order valence-corrected chi connectivity index (χ1v) is 13.6. The van der Waals surface area contributed by atoms with Crippen molar-refractivity contribution in [1.82, 2.24) is 18.8 Å². The first kappa shape index (κ1) is 25.9. The number of carbonyl (C=O) groups excluding carboxylic acids is 1. The van der Waals surface area contributed by atoms with Crippen LogP contribution in [0.2, 0.25) is 0 Å². The average Bonchev–Trinajstić information content (AvgIpc) is 3.27. The Labute approximate surface area is 208 Å². The molecule has 3 atom stereocenters. The molecule has 0 bridgehead atoms. The molecular formula is C26H41FN4O2S. The molecule has 2 saturated heterocycles. The number of benzene rings is 1. The Kier molecular flexibility index (Phi) is 9.27. The third kappa shape index (κ3) is 6.72. The molecule has 1 amide bonds. The van der Waals surface area contributed by atoms with Gasteiger partial charge in [-0.2, -0.15) is 0 Å². The van der Waals surface area contributed by atoms with Crippen molar-refractivity contribution in [2.75, 3.05) is 47.4 Å². The smallest absolute Gasteiger partial charge is 0.239 e. The molecule has 1 aromatic carbocycles. The van der Waals surface area contributed by atoms with Gasteiger partial charge in [0.15, 0.2) is 0 Å². The summed E-state index contributed by atoms with van der Waals surface area (Å²) in [6.07, 6.45) is 7.37. The summed E-state index contributed by atoms with van der Waals surface area (Å²) in [5.74, 6) is 0.843. The van der Waals surface area contributed by atoms with Crippen LogP contribution in [-0.4, -0.2) is 85.6 Å². The van der Waals surface area contributed by atoms with Crippen LogP contribution < -0.4 is 4.72 Å². The molecule has 1 unspecified atom stereocenters. The SMILES string of the molecule is CN(C)SN[C@H]1CCN(C(=O)C2CCCN2C)C[C@H]1COC1CCC(c2cccc(F)c2)CC1. The Balaban J connectivity index is 1.31. The monoisotopic (exact) mass is 492 g/mol. The number of nitrogens with zero attached hydrogens (tertiary/aromatic N) is 3. The van der Waals surface area contributed by atoms with Crippen LogP contribution in [0.3, 0.4) is 0 Å². The Hall–Kier alpha value is -1.19. The first-order chi connectivity index (χ1) is 16.4. The molecule has 1 N–H and O–H groups in total. The number of amides is 1. The normalized spacial score (nSPS) is 30.7. The van der Waals surface area contributed by atoms with Gasteiger partial charge in [-0.1, -0.05) is 12.1 Å². The van der Waals surface area contributed by atoms with Gasteiger partial charge in [0.05, 0.1) is 18.8 Å². The highest BCUT2D eigenvalue weighted by Gasteiger charge is 2.37. The molecule has 0 radical (unpaired) electrons. The zero-order valence-corrected chi connectivity index (χ0v) is 21.7. The van der Waals surface area contributed by atoms with E-state index in [-0.39, 0.29) is 23.9 Å². The van der Waals surface area contributed by atoms with E-state index in [0.717, 1.165) is 70.1 Å². The Bertz CT molecular complexity index is 805. The van der Waals surface area contributed by atoms with E-state index >= 15 is 0 Å². The van der Waals surface area contributed by atoms with E-state index in [1.54, 1.807) is 18.2 Å². The number of halogens is 1. The minimum Gasteiger partial charge on any atom is -0.378 e. The van der Waals surface area contributed by atoms with Gasteiger partial charge >= 0.3 is 0 Å². The molecule has 6 nitrogen and oxygen atoms in total. The van der Waals surface area contributed by atoms with Gasteiger partial charge in [0.25, 0.3) is 0 Å². The van der Waals surface area contributed by atoms with Crippen molar-refractivity contribution < 1.29 is 13.9 Å². The molecule has 3 fully saturated rings. The topological polar surface area (TPSA) is 48.0 Å². The molecule has 8 heteroatoms. The quantitative estimate of drug-likeness (QED) is 0.556. The average molecular weight is 493 g/mol. The fourth-order valence-corrected chi connectivity index (χ4v) is 6.40. The molecule has 1 aliphatic carbocycles. The Morgan fingerprint density at radius 3 is 2.65 bits per heavy atom. The predicted octanol–water partition coefficient (Wildman–Crippen LogP) is 3.89. The van der Waals surface area contributed by atoms with Gasteiger partial charge in [-0.15, -0.1) is 0 Å². The van der Waals surface area contributed by atoms with Crippen molar-refractivity contribution in [1.29, 1.82) is 0 Å². The second kappa shape index (κ2) is 12.2. The standard InChI is InChI=1S/C26H41FN4O2S/c1-29(2)34-28-24-13-15-31(26(32)25-8-5-14-30(25)3)17-21(24)18-33-23-11-9-19(10-12-23)20-6-4-7-22(27)16-20/h4,6-7,16,19,21,23-25,28H,5,8-15,17-18H2,1-3H3/t19?,21-,23?,24-,25?/m0/s1. The summed E-state index contributed by atoms with van der Waals surface area (Å²) in [6.45, 7) is 3.25. The van der Waals surface area contributed by atoms with E-state index in [0.29, 0.717) is 24.5 Å². The minimum absolute atomic E-state index is 0.0420. The summed E-state index contributed by atoms with van der Waals surface area (Å²) < 4.78 is 25.7. The lowest BCUT2D eigenvalue weighted by Gasteiger charge is -2.41. The molecular weight excluding hydrogens is 451 g/mol. The zero-order valence-electron chi connectivity index (χ0n) is 20.9. The van der Waals surface area contributed by atoms with Crippen LogP contribution >= 0.6 is 12.1 Å². The molecule has 2 aliphatic heterocycles. The molecule has 1 aromatic rings. The van der Waals surface area contributed by atoms with Crippen LogP contribution in [-0.2, 0) is 9.53 Å². The summed E-state index contributed by atoms with van der Waals surface area (Å²) in [6, 6.07) is 7.41. The van der Waals surface area contributed by atoms with E-state index in [4.69, 9.17) is 4.74 Å². The highest BCUT2D eigenvalue weighted by atomic mass is 32.2.